The van der Waals surface area contributed by atoms with E-state index in [1.54, 1.807) is 18.2 Å². The third-order valence-corrected chi connectivity index (χ3v) is 3.07. The highest BCUT2D eigenvalue weighted by molar-refractivity contribution is 6.20. The molecule has 0 spiro atoms. The third-order valence-electron chi connectivity index (χ3n) is 3.07. The van der Waals surface area contributed by atoms with Gasteiger partial charge in [0.15, 0.2) is 0 Å². The molecule has 0 aromatic heterocycles. The Kier molecular flexibility index (Phi) is 4.78. The van der Waals surface area contributed by atoms with E-state index in [2.05, 4.69) is 0 Å². The molecule has 4 nitrogen and oxygen atoms in total. The molecule has 0 unspecified atom stereocenters. The summed E-state index contributed by atoms with van der Waals surface area (Å²) in [5, 5.41) is 9.39. The van der Waals surface area contributed by atoms with Crippen molar-refractivity contribution in [2.24, 2.45) is 0 Å². The molecule has 2 rings (SSSR count). The number of methoxy groups -OCH3 is 2. The first-order chi connectivity index (χ1) is 10.5. The Labute approximate surface area is 127 Å². The van der Waals surface area contributed by atoms with Crippen LogP contribution < -0.4 is 9.47 Å². The maximum Gasteiger partial charge on any atom is 0.336 e. The standard InChI is InChI=1S/C17H15FO4/c1-21-14-7-11(8-15(10-14)22-2)9-16(17(19)20)12-3-5-13(18)6-4-12/h3-10H,1-2H3,(H,19,20)/b16-9+. The van der Waals surface area contributed by atoms with Crippen LogP contribution in [0.4, 0.5) is 4.39 Å². The summed E-state index contributed by atoms with van der Waals surface area (Å²) in [7, 11) is 3.03. The zero-order valence-electron chi connectivity index (χ0n) is 12.2. The fourth-order valence-electron chi connectivity index (χ4n) is 1.98. The number of carboxylic acids is 1. The molecule has 0 bridgehead atoms. The first kappa shape index (κ1) is 15.6. The average Bonchev–Trinajstić information content (AvgIpc) is 2.53. The van der Waals surface area contributed by atoms with E-state index in [1.807, 2.05) is 0 Å². The van der Waals surface area contributed by atoms with Gasteiger partial charge >= 0.3 is 5.97 Å². The average molecular weight is 302 g/mol. The van der Waals surface area contributed by atoms with Crippen LogP contribution in [0.2, 0.25) is 0 Å². The smallest absolute Gasteiger partial charge is 0.336 e. The van der Waals surface area contributed by atoms with E-state index < -0.39 is 11.8 Å². The normalized spacial score (nSPS) is 11.1. The number of carboxylic acid groups (broad SMARTS) is 1. The second-order valence-electron chi connectivity index (χ2n) is 4.52. The molecule has 2 aromatic carbocycles. The zero-order valence-corrected chi connectivity index (χ0v) is 12.2. The minimum Gasteiger partial charge on any atom is -0.497 e. The van der Waals surface area contributed by atoms with Crippen LogP contribution in [-0.4, -0.2) is 25.3 Å². The zero-order chi connectivity index (χ0) is 16.1. The van der Waals surface area contributed by atoms with E-state index in [9.17, 15) is 14.3 Å². The second kappa shape index (κ2) is 6.76. The minimum absolute atomic E-state index is 0.0512. The van der Waals surface area contributed by atoms with Crippen LogP contribution in [0, 0.1) is 5.82 Å². The number of aliphatic carboxylic acids is 1. The summed E-state index contributed by atoms with van der Waals surface area (Å²) in [5.74, 6) is -0.422. The molecule has 22 heavy (non-hydrogen) atoms. The van der Waals surface area contributed by atoms with E-state index in [0.29, 0.717) is 22.6 Å². The molecule has 0 saturated heterocycles. The number of rotatable bonds is 5. The summed E-state index contributed by atoms with van der Waals surface area (Å²) in [6.07, 6.45) is 1.49. The Balaban J connectivity index is 2.50. The summed E-state index contributed by atoms with van der Waals surface area (Å²) in [6, 6.07) is 10.4. The topological polar surface area (TPSA) is 55.8 Å². The van der Waals surface area contributed by atoms with Gasteiger partial charge in [-0.2, -0.15) is 0 Å². The van der Waals surface area contributed by atoms with Gasteiger partial charge in [0.2, 0.25) is 0 Å². The molecule has 0 aliphatic rings. The summed E-state index contributed by atoms with van der Waals surface area (Å²) in [4.78, 5) is 11.5. The molecule has 0 amide bonds. The van der Waals surface area contributed by atoms with Crippen molar-refractivity contribution in [3.8, 4) is 11.5 Å². The quantitative estimate of drug-likeness (QED) is 0.679. The van der Waals surface area contributed by atoms with E-state index in [0.717, 1.165) is 0 Å². The van der Waals surface area contributed by atoms with Crippen molar-refractivity contribution in [2.75, 3.05) is 14.2 Å². The third kappa shape index (κ3) is 3.63. The Bertz CT molecular complexity index is 683. The van der Waals surface area contributed by atoms with Crippen LogP contribution in [-0.2, 0) is 4.79 Å². The molecule has 0 aliphatic heterocycles. The largest absolute Gasteiger partial charge is 0.497 e. The molecule has 0 aliphatic carbocycles. The number of halogens is 1. The molecule has 0 heterocycles. The van der Waals surface area contributed by atoms with Crippen LogP contribution in [0.1, 0.15) is 11.1 Å². The van der Waals surface area contributed by atoms with Gasteiger partial charge in [-0.25, -0.2) is 9.18 Å². The number of hydrogen-bond acceptors (Lipinski definition) is 3. The van der Waals surface area contributed by atoms with Crippen LogP contribution in [0.15, 0.2) is 42.5 Å². The minimum atomic E-state index is -1.10. The van der Waals surface area contributed by atoms with Crippen molar-refractivity contribution in [1.82, 2.24) is 0 Å². The predicted octanol–water partition coefficient (Wildman–Crippen LogP) is 3.47. The first-order valence-corrected chi connectivity index (χ1v) is 6.47. The summed E-state index contributed by atoms with van der Waals surface area (Å²) in [5.41, 5.74) is 1.07. The van der Waals surface area contributed by atoms with Crippen LogP contribution in [0.25, 0.3) is 11.6 Å². The van der Waals surface area contributed by atoms with Gasteiger partial charge in [-0.1, -0.05) is 12.1 Å². The summed E-state index contributed by atoms with van der Waals surface area (Å²) in [6.45, 7) is 0. The van der Waals surface area contributed by atoms with Gasteiger partial charge in [0.05, 0.1) is 19.8 Å². The van der Waals surface area contributed by atoms with Gasteiger partial charge in [-0.05, 0) is 41.5 Å². The monoisotopic (exact) mass is 302 g/mol. The number of carbonyl (C=O) groups is 1. The van der Waals surface area contributed by atoms with Gasteiger partial charge < -0.3 is 14.6 Å². The molecule has 1 N–H and O–H groups in total. The highest BCUT2D eigenvalue weighted by atomic mass is 19.1. The lowest BCUT2D eigenvalue weighted by molar-refractivity contribution is -0.130. The van der Waals surface area contributed by atoms with E-state index >= 15 is 0 Å². The number of ether oxygens (including phenoxy) is 2. The van der Waals surface area contributed by atoms with Crippen molar-refractivity contribution in [1.29, 1.82) is 0 Å². The van der Waals surface area contributed by atoms with Crippen LogP contribution in [0.5, 0.6) is 11.5 Å². The fraction of sp³-hybridized carbons (Fsp3) is 0.118. The fourth-order valence-corrected chi connectivity index (χ4v) is 1.98. The van der Waals surface area contributed by atoms with Crippen molar-refractivity contribution >= 4 is 17.6 Å². The van der Waals surface area contributed by atoms with Gasteiger partial charge in [-0.15, -0.1) is 0 Å². The van der Waals surface area contributed by atoms with Gasteiger partial charge in [0.25, 0.3) is 0 Å². The maximum atomic E-state index is 13.0. The van der Waals surface area contributed by atoms with Crippen molar-refractivity contribution < 1.29 is 23.8 Å². The Hall–Kier alpha value is -2.82. The Morgan fingerprint density at radius 2 is 1.59 bits per heavy atom. The van der Waals surface area contributed by atoms with Crippen molar-refractivity contribution in [2.45, 2.75) is 0 Å². The van der Waals surface area contributed by atoms with Gasteiger partial charge in [0, 0.05) is 6.07 Å². The highest BCUT2D eigenvalue weighted by Crippen LogP contribution is 2.26. The first-order valence-electron chi connectivity index (χ1n) is 6.47. The Morgan fingerprint density at radius 1 is 1.05 bits per heavy atom. The maximum absolute atomic E-state index is 13.0. The number of benzene rings is 2. The lowest BCUT2D eigenvalue weighted by atomic mass is 10.0. The molecule has 0 saturated carbocycles. The van der Waals surface area contributed by atoms with Crippen molar-refractivity contribution in [3.63, 3.8) is 0 Å². The SMILES string of the molecule is COc1cc(/C=C(/C(=O)O)c2ccc(F)cc2)cc(OC)c1. The molecular formula is C17H15FO4. The number of hydrogen-bond donors (Lipinski definition) is 1. The molecule has 0 radical (unpaired) electrons. The van der Waals surface area contributed by atoms with Crippen LogP contribution >= 0.6 is 0 Å². The Morgan fingerprint density at radius 3 is 2.05 bits per heavy atom. The molecule has 0 fully saturated rings. The summed E-state index contributed by atoms with van der Waals surface area (Å²) >= 11 is 0. The summed E-state index contributed by atoms with van der Waals surface area (Å²) < 4.78 is 23.3. The lowest BCUT2D eigenvalue weighted by Gasteiger charge is -2.07. The molecule has 0 atom stereocenters. The predicted molar refractivity (Wildman–Crippen MR) is 81.5 cm³/mol. The van der Waals surface area contributed by atoms with E-state index in [1.165, 1.54) is 44.6 Å². The lowest BCUT2D eigenvalue weighted by Crippen LogP contribution is -2.00. The molecule has 2 aromatic rings. The highest BCUT2D eigenvalue weighted by Gasteiger charge is 2.11. The van der Waals surface area contributed by atoms with E-state index in [4.69, 9.17) is 9.47 Å². The van der Waals surface area contributed by atoms with Crippen molar-refractivity contribution in [3.05, 3.63) is 59.4 Å². The van der Waals surface area contributed by atoms with Gasteiger partial charge in [0.1, 0.15) is 17.3 Å². The van der Waals surface area contributed by atoms with Gasteiger partial charge in [-0.3, -0.25) is 0 Å². The van der Waals surface area contributed by atoms with Crippen LogP contribution in [0.3, 0.4) is 0 Å². The molecule has 114 valence electrons. The molecular weight excluding hydrogens is 287 g/mol. The second-order valence-corrected chi connectivity index (χ2v) is 4.52. The van der Waals surface area contributed by atoms with E-state index in [-0.39, 0.29) is 5.57 Å². The molecule has 5 heteroatoms.